The minimum atomic E-state index is -1.19. The summed E-state index contributed by atoms with van der Waals surface area (Å²) in [6.45, 7) is 12.0. The van der Waals surface area contributed by atoms with E-state index in [2.05, 4.69) is 37.3 Å². The van der Waals surface area contributed by atoms with E-state index in [0.717, 1.165) is 5.56 Å². The van der Waals surface area contributed by atoms with Crippen LogP contribution in [0.15, 0.2) is 16.5 Å². The predicted molar refractivity (Wildman–Crippen MR) is 76.1 cm³/mol. The van der Waals surface area contributed by atoms with Gasteiger partial charge < -0.3 is 0 Å². The maximum Gasteiger partial charge on any atom is 0.144 e. The van der Waals surface area contributed by atoms with E-state index in [4.69, 9.17) is 0 Å². The summed E-state index contributed by atoms with van der Waals surface area (Å²) in [4.78, 5) is 0. The Morgan fingerprint density at radius 2 is 1.59 bits per heavy atom. The summed E-state index contributed by atoms with van der Waals surface area (Å²) in [5, 5.41) is 0. The summed E-state index contributed by atoms with van der Waals surface area (Å²) < 4.78 is 15.7. The highest BCUT2D eigenvalue weighted by atomic mass is 32.2. The van der Waals surface area contributed by atoms with Crippen LogP contribution in [0.4, 0.5) is 0 Å². The predicted octanol–water partition coefficient (Wildman–Crippen LogP) is 3.49. The maximum atomic E-state index is 11.8. The molecule has 2 nitrogen and oxygen atoms in total. The zero-order valence-corrected chi connectivity index (χ0v) is 12.3. The molecule has 0 aliphatic heterocycles. The van der Waals surface area contributed by atoms with Crippen molar-refractivity contribution in [2.75, 3.05) is 0 Å². The first-order chi connectivity index (χ1) is 7.71. The second-order valence-corrected chi connectivity index (χ2v) is 7.34. The molecule has 0 fully saturated rings. The first-order valence-electron chi connectivity index (χ1n) is 5.75. The molecular formula is C14H21NOS. The van der Waals surface area contributed by atoms with Crippen molar-refractivity contribution in [2.24, 2.45) is 4.40 Å². The Hall–Kier alpha value is -0.960. The molecule has 0 unspecified atom stereocenters. The van der Waals surface area contributed by atoms with Gasteiger partial charge in [0.25, 0.3) is 0 Å². The molecule has 0 heterocycles. The van der Waals surface area contributed by atoms with Crippen LogP contribution in [0.5, 0.6) is 0 Å². The van der Waals surface area contributed by atoms with E-state index in [0.29, 0.717) is 0 Å². The minimum absolute atomic E-state index is 0.303. The standard InChI is InChI=1S/C14H21NOS/c1-10-7-11(2)13(12(3)8-10)9-15-17(16)14(4,5)6/h7-9H,1-6H3/t17-/m0/s1. The largest absolute Gasteiger partial charge is 0.234 e. The van der Waals surface area contributed by atoms with Gasteiger partial charge in [0.2, 0.25) is 0 Å². The number of hydrogen-bond acceptors (Lipinski definition) is 1. The fourth-order valence-corrected chi connectivity index (χ4v) is 2.17. The van der Waals surface area contributed by atoms with Crippen molar-refractivity contribution in [3.63, 3.8) is 0 Å². The van der Waals surface area contributed by atoms with Gasteiger partial charge in [-0.05, 0) is 58.2 Å². The smallest absolute Gasteiger partial charge is 0.144 e. The van der Waals surface area contributed by atoms with E-state index in [1.165, 1.54) is 16.7 Å². The van der Waals surface area contributed by atoms with Gasteiger partial charge in [-0.25, -0.2) is 4.21 Å². The molecule has 1 aromatic carbocycles. The second-order valence-electron chi connectivity index (χ2n) is 5.41. The van der Waals surface area contributed by atoms with Crippen LogP contribution in [0.1, 0.15) is 43.0 Å². The van der Waals surface area contributed by atoms with Crippen LogP contribution in [0.3, 0.4) is 0 Å². The number of rotatable bonds is 2. The zero-order valence-electron chi connectivity index (χ0n) is 11.5. The molecule has 0 saturated carbocycles. The van der Waals surface area contributed by atoms with Gasteiger partial charge >= 0.3 is 0 Å². The van der Waals surface area contributed by atoms with Gasteiger partial charge in [-0.1, -0.05) is 17.7 Å². The Bertz CT molecular complexity index is 447. The van der Waals surface area contributed by atoms with Crippen LogP contribution in [0.2, 0.25) is 0 Å². The average molecular weight is 251 g/mol. The third-order valence-electron chi connectivity index (χ3n) is 2.54. The Kier molecular flexibility index (Phi) is 4.26. The quantitative estimate of drug-likeness (QED) is 0.740. The van der Waals surface area contributed by atoms with Crippen LogP contribution in [-0.4, -0.2) is 15.2 Å². The lowest BCUT2D eigenvalue weighted by atomic mass is 10.0. The van der Waals surface area contributed by atoms with Crippen molar-refractivity contribution < 1.29 is 4.21 Å². The van der Waals surface area contributed by atoms with Crippen molar-refractivity contribution in [3.05, 3.63) is 34.4 Å². The monoisotopic (exact) mass is 251 g/mol. The molecule has 0 aromatic heterocycles. The van der Waals surface area contributed by atoms with Crippen LogP contribution in [0.25, 0.3) is 0 Å². The van der Waals surface area contributed by atoms with Crippen LogP contribution >= 0.6 is 0 Å². The maximum absolute atomic E-state index is 11.8. The molecule has 0 radical (unpaired) electrons. The fraction of sp³-hybridized carbons (Fsp3) is 0.500. The number of aryl methyl sites for hydroxylation is 3. The Labute approximate surface area is 107 Å². The van der Waals surface area contributed by atoms with Crippen LogP contribution in [0, 0.1) is 20.8 Å². The van der Waals surface area contributed by atoms with Crippen molar-refractivity contribution in [1.29, 1.82) is 0 Å². The first-order valence-corrected chi connectivity index (χ1v) is 6.86. The van der Waals surface area contributed by atoms with Gasteiger partial charge in [-0.15, -0.1) is 0 Å². The van der Waals surface area contributed by atoms with Crippen molar-refractivity contribution in [1.82, 2.24) is 0 Å². The molecule has 1 rings (SSSR count). The molecule has 94 valence electrons. The molecule has 0 N–H and O–H groups in total. The van der Waals surface area contributed by atoms with Crippen LogP contribution < -0.4 is 0 Å². The van der Waals surface area contributed by atoms with Gasteiger partial charge in [0.05, 0.1) is 4.75 Å². The summed E-state index contributed by atoms with van der Waals surface area (Å²) in [7, 11) is -1.19. The lowest BCUT2D eigenvalue weighted by Crippen LogP contribution is -2.19. The zero-order chi connectivity index (χ0) is 13.2. The van der Waals surface area contributed by atoms with E-state index in [1.54, 1.807) is 6.21 Å². The minimum Gasteiger partial charge on any atom is -0.234 e. The van der Waals surface area contributed by atoms with E-state index >= 15 is 0 Å². The summed E-state index contributed by atoms with van der Waals surface area (Å²) >= 11 is 0. The van der Waals surface area contributed by atoms with Gasteiger partial charge in [0, 0.05) is 6.21 Å². The molecule has 0 aliphatic rings. The summed E-state index contributed by atoms with van der Waals surface area (Å²) in [6, 6.07) is 4.24. The normalized spacial score (nSPS) is 14.2. The third-order valence-corrected chi connectivity index (χ3v) is 3.88. The van der Waals surface area contributed by atoms with Crippen molar-refractivity contribution >= 4 is 17.2 Å². The molecule has 1 atom stereocenters. The third kappa shape index (κ3) is 3.77. The van der Waals surface area contributed by atoms with Gasteiger partial charge in [0.1, 0.15) is 11.0 Å². The molecular weight excluding hydrogens is 230 g/mol. The van der Waals surface area contributed by atoms with E-state index < -0.39 is 11.0 Å². The molecule has 3 heteroatoms. The fourth-order valence-electron chi connectivity index (χ4n) is 1.65. The lowest BCUT2D eigenvalue weighted by Gasteiger charge is -2.13. The molecule has 0 spiro atoms. The number of nitrogens with zero attached hydrogens (tertiary/aromatic N) is 1. The van der Waals surface area contributed by atoms with E-state index in [1.807, 2.05) is 20.8 Å². The Morgan fingerprint density at radius 1 is 1.12 bits per heavy atom. The highest BCUT2D eigenvalue weighted by molar-refractivity contribution is 7.85. The lowest BCUT2D eigenvalue weighted by molar-refractivity contribution is 0.651. The Morgan fingerprint density at radius 3 is 2.00 bits per heavy atom. The average Bonchev–Trinajstić information content (AvgIpc) is 2.13. The topological polar surface area (TPSA) is 29.4 Å². The second kappa shape index (κ2) is 5.13. The summed E-state index contributed by atoms with van der Waals surface area (Å²) in [5.41, 5.74) is 4.68. The van der Waals surface area contributed by atoms with E-state index in [-0.39, 0.29) is 4.75 Å². The highest BCUT2D eigenvalue weighted by Gasteiger charge is 2.18. The molecule has 0 amide bonds. The van der Waals surface area contributed by atoms with Gasteiger partial charge in [0.15, 0.2) is 0 Å². The summed E-state index contributed by atoms with van der Waals surface area (Å²) in [6.07, 6.45) is 1.74. The van der Waals surface area contributed by atoms with Gasteiger partial charge in [-0.2, -0.15) is 4.40 Å². The first kappa shape index (κ1) is 14.1. The molecule has 0 bridgehead atoms. The van der Waals surface area contributed by atoms with E-state index in [9.17, 15) is 4.21 Å². The molecule has 0 aliphatic carbocycles. The number of hydrogen-bond donors (Lipinski definition) is 0. The molecule has 1 aromatic rings. The van der Waals surface area contributed by atoms with Crippen molar-refractivity contribution in [2.45, 2.75) is 46.3 Å². The molecule has 0 saturated heterocycles. The van der Waals surface area contributed by atoms with Crippen molar-refractivity contribution in [3.8, 4) is 0 Å². The summed E-state index contributed by atoms with van der Waals surface area (Å²) in [5.74, 6) is 0. The van der Waals surface area contributed by atoms with Gasteiger partial charge in [-0.3, -0.25) is 0 Å². The highest BCUT2D eigenvalue weighted by Crippen LogP contribution is 2.16. The number of benzene rings is 1. The Balaban J connectivity index is 3.05. The molecule has 17 heavy (non-hydrogen) atoms. The van der Waals surface area contributed by atoms with Crippen LogP contribution in [-0.2, 0) is 11.0 Å². The SMILES string of the molecule is Cc1cc(C)c(C=N[S@@](=O)C(C)(C)C)c(C)c1.